The molecule has 4 heteroatoms. The molecule has 0 amide bonds. The number of nitrogens with zero attached hydrogens (tertiary/aromatic N) is 2. The second kappa shape index (κ2) is 9.00. The van der Waals surface area contributed by atoms with E-state index in [4.69, 9.17) is 0 Å². The molecule has 0 fully saturated rings. The second-order valence-corrected chi connectivity index (χ2v) is 6.06. The van der Waals surface area contributed by atoms with Crippen LogP contribution in [0, 0.1) is 5.82 Å². The molecule has 0 aliphatic carbocycles. The first kappa shape index (κ1) is 17.9. The van der Waals surface area contributed by atoms with Crippen molar-refractivity contribution in [3.63, 3.8) is 0 Å². The predicted octanol–water partition coefficient (Wildman–Crippen LogP) is 3.10. The average Bonchev–Trinajstić information content (AvgIpc) is 2.41. The summed E-state index contributed by atoms with van der Waals surface area (Å²) >= 11 is 0. The number of rotatable bonds is 9. The largest absolute Gasteiger partial charge is 0.370 e. The minimum atomic E-state index is -0.119. The normalized spacial score (nSPS) is 11.4. The van der Waals surface area contributed by atoms with Gasteiger partial charge in [-0.3, -0.25) is 0 Å². The van der Waals surface area contributed by atoms with Crippen molar-refractivity contribution in [3.05, 3.63) is 29.6 Å². The van der Waals surface area contributed by atoms with E-state index in [9.17, 15) is 4.39 Å². The second-order valence-electron chi connectivity index (χ2n) is 6.06. The Hall–Kier alpha value is -1.13. The molecule has 21 heavy (non-hydrogen) atoms. The summed E-state index contributed by atoms with van der Waals surface area (Å²) in [5.41, 5.74) is 1.80. The van der Waals surface area contributed by atoms with E-state index in [1.807, 2.05) is 12.1 Å². The number of halogens is 1. The zero-order chi connectivity index (χ0) is 15.8. The molecule has 0 aliphatic heterocycles. The van der Waals surface area contributed by atoms with E-state index in [0.717, 1.165) is 37.3 Å². The number of nitrogens with one attached hydrogen (secondary N) is 1. The summed E-state index contributed by atoms with van der Waals surface area (Å²) < 4.78 is 14.2. The molecule has 120 valence electrons. The molecule has 0 spiro atoms. The van der Waals surface area contributed by atoms with Crippen LogP contribution in [0.2, 0.25) is 0 Å². The van der Waals surface area contributed by atoms with E-state index in [0.29, 0.717) is 12.6 Å². The van der Waals surface area contributed by atoms with Crippen LogP contribution in [-0.2, 0) is 6.54 Å². The maximum atomic E-state index is 14.2. The predicted molar refractivity (Wildman–Crippen MR) is 89.4 cm³/mol. The lowest BCUT2D eigenvalue weighted by atomic mass is 10.1. The van der Waals surface area contributed by atoms with Gasteiger partial charge in [0, 0.05) is 43.5 Å². The standard InChI is InChI=1S/C17H30FN3/c1-6-10-21(12-11-20(4)5)17-9-7-8-16(18)15(17)13-19-14(2)3/h7-9,14,19H,6,10-13H2,1-5H3. The summed E-state index contributed by atoms with van der Waals surface area (Å²) in [6, 6.07) is 5.74. The van der Waals surface area contributed by atoms with Crippen molar-refractivity contribution < 1.29 is 4.39 Å². The van der Waals surface area contributed by atoms with Crippen LogP contribution < -0.4 is 10.2 Å². The summed E-state index contributed by atoms with van der Waals surface area (Å²) in [7, 11) is 4.13. The zero-order valence-electron chi connectivity index (χ0n) is 14.1. The van der Waals surface area contributed by atoms with Crippen LogP contribution in [0.25, 0.3) is 0 Å². The van der Waals surface area contributed by atoms with Crippen LogP contribution in [0.3, 0.4) is 0 Å². The van der Waals surface area contributed by atoms with Crippen molar-refractivity contribution in [2.75, 3.05) is 38.6 Å². The highest BCUT2D eigenvalue weighted by Gasteiger charge is 2.14. The van der Waals surface area contributed by atoms with Gasteiger partial charge in [-0.25, -0.2) is 4.39 Å². The summed E-state index contributed by atoms with van der Waals surface area (Å²) in [6.45, 7) is 9.72. The molecule has 0 aromatic heterocycles. The van der Waals surface area contributed by atoms with Crippen molar-refractivity contribution in [3.8, 4) is 0 Å². The van der Waals surface area contributed by atoms with E-state index in [1.165, 1.54) is 0 Å². The number of anilines is 1. The van der Waals surface area contributed by atoms with Crippen molar-refractivity contribution in [1.82, 2.24) is 10.2 Å². The highest BCUT2D eigenvalue weighted by atomic mass is 19.1. The Balaban J connectivity index is 2.96. The molecule has 0 saturated carbocycles. The quantitative estimate of drug-likeness (QED) is 0.755. The molecule has 0 radical (unpaired) electrons. The topological polar surface area (TPSA) is 18.5 Å². The van der Waals surface area contributed by atoms with Crippen molar-refractivity contribution in [2.24, 2.45) is 0 Å². The van der Waals surface area contributed by atoms with Gasteiger partial charge in [0.2, 0.25) is 0 Å². The number of likely N-dealkylation sites (N-methyl/N-ethyl adjacent to an activating group) is 1. The van der Waals surface area contributed by atoms with E-state index >= 15 is 0 Å². The molecule has 0 saturated heterocycles. The Labute approximate surface area is 129 Å². The van der Waals surface area contributed by atoms with Gasteiger partial charge in [-0.2, -0.15) is 0 Å². The van der Waals surface area contributed by atoms with Crippen LogP contribution in [-0.4, -0.2) is 44.7 Å². The molecule has 0 bridgehead atoms. The summed E-state index contributed by atoms with van der Waals surface area (Å²) in [5.74, 6) is -0.119. The maximum absolute atomic E-state index is 14.2. The molecule has 1 aromatic rings. The first-order valence-corrected chi connectivity index (χ1v) is 7.86. The van der Waals surface area contributed by atoms with Gasteiger partial charge in [-0.05, 0) is 32.6 Å². The van der Waals surface area contributed by atoms with Gasteiger partial charge in [0.05, 0.1) is 0 Å². The molecule has 0 heterocycles. The molecule has 0 unspecified atom stereocenters. The fourth-order valence-electron chi connectivity index (χ4n) is 2.27. The Morgan fingerprint density at radius 2 is 1.86 bits per heavy atom. The average molecular weight is 295 g/mol. The van der Waals surface area contributed by atoms with Crippen LogP contribution >= 0.6 is 0 Å². The molecule has 0 aliphatic rings. The fourth-order valence-corrected chi connectivity index (χ4v) is 2.27. The van der Waals surface area contributed by atoms with Gasteiger partial charge in [-0.1, -0.05) is 26.8 Å². The Morgan fingerprint density at radius 1 is 1.14 bits per heavy atom. The Bertz CT molecular complexity index is 418. The lowest BCUT2D eigenvalue weighted by molar-refractivity contribution is 0.412. The summed E-state index contributed by atoms with van der Waals surface area (Å²) in [5, 5.41) is 3.33. The minimum absolute atomic E-state index is 0.119. The summed E-state index contributed by atoms with van der Waals surface area (Å²) in [6.07, 6.45) is 1.06. The lowest BCUT2D eigenvalue weighted by Crippen LogP contribution is -2.34. The number of benzene rings is 1. The van der Waals surface area contributed by atoms with Gasteiger partial charge >= 0.3 is 0 Å². The molecule has 0 atom stereocenters. The van der Waals surface area contributed by atoms with Crippen LogP contribution in [0.5, 0.6) is 0 Å². The Morgan fingerprint density at radius 3 is 2.43 bits per heavy atom. The maximum Gasteiger partial charge on any atom is 0.129 e. The SMILES string of the molecule is CCCN(CCN(C)C)c1cccc(F)c1CNC(C)C. The van der Waals surface area contributed by atoms with Gasteiger partial charge in [-0.15, -0.1) is 0 Å². The Kier molecular flexibility index (Phi) is 7.68. The van der Waals surface area contributed by atoms with Crippen LogP contribution in [0.4, 0.5) is 10.1 Å². The van der Waals surface area contributed by atoms with Crippen molar-refractivity contribution >= 4 is 5.69 Å². The summed E-state index contributed by atoms with van der Waals surface area (Å²) in [4.78, 5) is 4.45. The third kappa shape index (κ3) is 6.02. The van der Waals surface area contributed by atoms with E-state index < -0.39 is 0 Å². The van der Waals surface area contributed by atoms with E-state index in [2.05, 4.69) is 50.0 Å². The van der Waals surface area contributed by atoms with Gasteiger partial charge in [0.25, 0.3) is 0 Å². The van der Waals surface area contributed by atoms with Gasteiger partial charge in [0.15, 0.2) is 0 Å². The van der Waals surface area contributed by atoms with Crippen LogP contribution in [0.1, 0.15) is 32.8 Å². The molecular formula is C17H30FN3. The van der Waals surface area contributed by atoms with Crippen LogP contribution in [0.15, 0.2) is 18.2 Å². The number of hydrogen-bond acceptors (Lipinski definition) is 3. The van der Waals surface area contributed by atoms with Crippen molar-refractivity contribution in [2.45, 2.75) is 39.8 Å². The van der Waals surface area contributed by atoms with Gasteiger partial charge in [0.1, 0.15) is 5.82 Å². The first-order chi connectivity index (χ1) is 9.95. The molecule has 1 aromatic carbocycles. The molecule has 3 nitrogen and oxygen atoms in total. The molecular weight excluding hydrogens is 265 g/mol. The zero-order valence-corrected chi connectivity index (χ0v) is 14.1. The van der Waals surface area contributed by atoms with E-state index in [1.54, 1.807) is 6.07 Å². The van der Waals surface area contributed by atoms with Gasteiger partial charge < -0.3 is 15.1 Å². The smallest absolute Gasteiger partial charge is 0.129 e. The molecule has 1 rings (SSSR count). The van der Waals surface area contributed by atoms with E-state index in [-0.39, 0.29) is 5.82 Å². The minimum Gasteiger partial charge on any atom is -0.370 e. The number of hydrogen-bond donors (Lipinski definition) is 1. The monoisotopic (exact) mass is 295 g/mol. The third-order valence-corrected chi connectivity index (χ3v) is 3.43. The molecule has 1 N–H and O–H groups in total. The third-order valence-electron chi connectivity index (χ3n) is 3.43. The highest BCUT2D eigenvalue weighted by Crippen LogP contribution is 2.23. The highest BCUT2D eigenvalue weighted by molar-refractivity contribution is 5.54. The lowest BCUT2D eigenvalue weighted by Gasteiger charge is -2.28. The fraction of sp³-hybridized carbons (Fsp3) is 0.647. The van der Waals surface area contributed by atoms with Crippen molar-refractivity contribution in [1.29, 1.82) is 0 Å². The first-order valence-electron chi connectivity index (χ1n) is 7.86.